The number of anilines is 1. The molecule has 27 heavy (non-hydrogen) atoms. The molecule has 2 heterocycles. The molecule has 1 fully saturated rings. The number of aryl methyl sites for hydroxylation is 1. The van der Waals surface area contributed by atoms with Gasteiger partial charge in [0.1, 0.15) is 5.82 Å². The van der Waals surface area contributed by atoms with E-state index in [0.717, 1.165) is 11.3 Å². The SMILES string of the molecule is Cc1ccccc1N1CSC2=C(C#N)[C@@H](c3ccccc3F)CC(=O)N2C1. The van der Waals surface area contributed by atoms with Crippen LogP contribution in [0.5, 0.6) is 0 Å². The van der Waals surface area contributed by atoms with Gasteiger partial charge in [-0.25, -0.2) is 4.39 Å². The molecular weight excluding hydrogens is 361 g/mol. The fourth-order valence-electron chi connectivity index (χ4n) is 3.66. The van der Waals surface area contributed by atoms with Crippen molar-refractivity contribution in [2.75, 3.05) is 17.4 Å². The number of hydrogen-bond acceptors (Lipinski definition) is 4. The lowest BCUT2D eigenvalue weighted by Gasteiger charge is -2.42. The lowest BCUT2D eigenvalue weighted by molar-refractivity contribution is -0.129. The van der Waals surface area contributed by atoms with E-state index < -0.39 is 5.92 Å². The van der Waals surface area contributed by atoms with Crippen LogP contribution < -0.4 is 4.90 Å². The molecule has 2 aliphatic rings. The Hall–Kier alpha value is -2.78. The van der Waals surface area contributed by atoms with Gasteiger partial charge in [0.15, 0.2) is 0 Å². The molecule has 2 aliphatic heterocycles. The van der Waals surface area contributed by atoms with Crippen molar-refractivity contribution >= 4 is 23.4 Å². The van der Waals surface area contributed by atoms with E-state index in [1.165, 1.54) is 17.8 Å². The Morgan fingerprint density at radius 2 is 1.93 bits per heavy atom. The molecule has 2 aromatic rings. The van der Waals surface area contributed by atoms with Crippen LogP contribution in [0.4, 0.5) is 10.1 Å². The topological polar surface area (TPSA) is 47.3 Å². The summed E-state index contributed by atoms with van der Waals surface area (Å²) < 4.78 is 14.3. The summed E-state index contributed by atoms with van der Waals surface area (Å²) in [6, 6.07) is 16.7. The molecule has 4 nitrogen and oxygen atoms in total. The number of halogens is 1. The molecule has 0 unspecified atom stereocenters. The van der Waals surface area contributed by atoms with Crippen molar-refractivity contribution in [3.63, 3.8) is 0 Å². The number of benzene rings is 2. The molecule has 1 amide bonds. The van der Waals surface area contributed by atoms with Gasteiger partial charge in [-0.2, -0.15) is 5.26 Å². The van der Waals surface area contributed by atoms with Crippen molar-refractivity contribution in [3.05, 3.63) is 76.1 Å². The first kappa shape index (κ1) is 17.6. The normalized spacial score (nSPS) is 19.7. The molecule has 1 atom stereocenters. The molecule has 0 spiro atoms. The maximum absolute atomic E-state index is 14.3. The minimum Gasteiger partial charge on any atom is -0.343 e. The van der Waals surface area contributed by atoms with Crippen LogP contribution in [0.15, 0.2) is 59.1 Å². The quantitative estimate of drug-likeness (QED) is 0.778. The maximum Gasteiger partial charge on any atom is 0.229 e. The second-order valence-corrected chi connectivity index (χ2v) is 7.61. The van der Waals surface area contributed by atoms with E-state index in [1.54, 1.807) is 23.1 Å². The van der Waals surface area contributed by atoms with Gasteiger partial charge < -0.3 is 4.90 Å². The summed E-state index contributed by atoms with van der Waals surface area (Å²) in [5.74, 6) is -0.339. The Morgan fingerprint density at radius 1 is 1.19 bits per heavy atom. The average molecular weight is 379 g/mol. The highest BCUT2D eigenvalue weighted by Gasteiger charge is 2.39. The van der Waals surface area contributed by atoms with Gasteiger partial charge in [-0.15, -0.1) is 0 Å². The monoisotopic (exact) mass is 379 g/mol. The molecule has 0 N–H and O–H groups in total. The first-order valence-corrected chi connectivity index (χ1v) is 9.71. The van der Waals surface area contributed by atoms with Crippen LogP contribution >= 0.6 is 11.8 Å². The molecule has 0 aromatic heterocycles. The third-order valence-electron chi connectivity index (χ3n) is 5.03. The van der Waals surface area contributed by atoms with Crippen molar-refractivity contribution in [1.29, 1.82) is 5.26 Å². The van der Waals surface area contributed by atoms with Crippen molar-refractivity contribution in [1.82, 2.24) is 4.90 Å². The predicted octanol–water partition coefficient (Wildman–Crippen LogP) is 4.35. The zero-order chi connectivity index (χ0) is 19.0. The summed E-state index contributed by atoms with van der Waals surface area (Å²) in [7, 11) is 0. The van der Waals surface area contributed by atoms with Crippen molar-refractivity contribution < 1.29 is 9.18 Å². The average Bonchev–Trinajstić information content (AvgIpc) is 2.68. The van der Waals surface area contributed by atoms with E-state index >= 15 is 0 Å². The number of thioether (sulfide) groups is 1. The van der Waals surface area contributed by atoms with E-state index in [-0.39, 0.29) is 18.1 Å². The first-order chi connectivity index (χ1) is 13.1. The van der Waals surface area contributed by atoms with E-state index in [1.807, 2.05) is 31.2 Å². The Bertz CT molecular complexity index is 981. The van der Waals surface area contributed by atoms with E-state index in [4.69, 9.17) is 0 Å². The minimum atomic E-state index is -0.521. The van der Waals surface area contributed by atoms with Crippen LogP contribution in [0.1, 0.15) is 23.5 Å². The van der Waals surface area contributed by atoms with E-state index in [9.17, 15) is 14.4 Å². The number of allylic oxidation sites excluding steroid dienone is 1. The summed E-state index contributed by atoms with van der Waals surface area (Å²) >= 11 is 1.47. The molecule has 0 aliphatic carbocycles. The standard InChI is InChI=1S/C21H18FN3OS/c1-14-6-2-5-9-19(14)24-12-25-20(26)10-16(15-7-3-4-8-18(15)22)17(11-23)21(25)27-13-24/h2-9,16H,10,12-13H2,1H3/t16-/m1/s1. The largest absolute Gasteiger partial charge is 0.343 e. The third kappa shape index (κ3) is 3.08. The predicted molar refractivity (Wildman–Crippen MR) is 104 cm³/mol. The molecule has 6 heteroatoms. The van der Waals surface area contributed by atoms with Crippen molar-refractivity contribution in [3.8, 4) is 6.07 Å². The Balaban J connectivity index is 1.70. The van der Waals surface area contributed by atoms with Gasteiger partial charge in [0.25, 0.3) is 0 Å². The molecule has 4 rings (SSSR count). The minimum absolute atomic E-state index is 0.0805. The van der Waals surface area contributed by atoms with Crippen LogP contribution in [0.3, 0.4) is 0 Å². The lowest BCUT2D eigenvalue weighted by atomic mass is 9.86. The highest BCUT2D eigenvalue weighted by Crippen LogP contribution is 2.43. The number of rotatable bonds is 2. The van der Waals surface area contributed by atoms with Crippen LogP contribution in [0.25, 0.3) is 0 Å². The summed E-state index contributed by atoms with van der Waals surface area (Å²) in [5.41, 5.74) is 3.11. The molecule has 136 valence electrons. The summed E-state index contributed by atoms with van der Waals surface area (Å²) in [5, 5.41) is 10.4. The van der Waals surface area contributed by atoms with E-state index in [2.05, 4.69) is 11.0 Å². The Labute approximate surface area is 161 Å². The number of carbonyl (C=O) groups is 1. The fraction of sp³-hybridized carbons (Fsp3) is 0.238. The van der Waals surface area contributed by atoms with E-state index in [0.29, 0.717) is 28.7 Å². The summed E-state index contributed by atoms with van der Waals surface area (Å²) in [6.07, 6.45) is 0.107. The fourth-order valence-corrected chi connectivity index (χ4v) is 4.81. The molecule has 0 bridgehead atoms. The van der Waals surface area contributed by atoms with Crippen molar-refractivity contribution in [2.45, 2.75) is 19.3 Å². The van der Waals surface area contributed by atoms with Gasteiger partial charge in [-0.3, -0.25) is 9.69 Å². The lowest BCUT2D eigenvalue weighted by Crippen LogP contribution is -2.47. The highest BCUT2D eigenvalue weighted by atomic mass is 32.2. The van der Waals surface area contributed by atoms with Gasteiger partial charge >= 0.3 is 0 Å². The molecule has 0 saturated carbocycles. The number of nitriles is 1. The van der Waals surface area contributed by atoms with Crippen LogP contribution in [-0.4, -0.2) is 23.4 Å². The maximum atomic E-state index is 14.3. The van der Waals surface area contributed by atoms with Gasteiger partial charge in [0.2, 0.25) is 5.91 Å². The second-order valence-electron chi connectivity index (χ2n) is 6.67. The second kappa shape index (κ2) is 7.09. The first-order valence-electron chi connectivity index (χ1n) is 8.72. The highest BCUT2D eigenvalue weighted by molar-refractivity contribution is 8.03. The number of hydrogen-bond donors (Lipinski definition) is 0. The summed E-state index contributed by atoms with van der Waals surface area (Å²) in [6.45, 7) is 2.44. The Kier molecular flexibility index (Phi) is 4.63. The molecular formula is C21H18FN3OS. The molecule has 2 aromatic carbocycles. The number of carbonyl (C=O) groups excluding carboxylic acids is 1. The molecule has 0 radical (unpaired) electrons. The number of fused-ring (bicyclic) bond motifs is 1. The van der Waals surface area contributed by atoms with Gasteiger partial charge in [0.05, 0.1) is 29.2 Å². The molecule has 1 saturated heterocycles. The Morgan fingerprint density at radius 3 is 2.67 bits per heavy atom. The summed E-state index contributed by atoms with van der Waals surface area (Å²) in [4.78, 5) is 16.7. The zero-order valence-corrected chi connectivity index (χ0v) is 15.7. The number of nitrogens with zero attached hydrogens (tertiary/aromatic N) is 3. The third-order valence-corrected chi connectivity index (χ3v) is 6.18. The van der Waals surface area contributed by atoms with Crippen LogP contribution in [-0.2, 0) is 4.79 Å². The van der Waals surface area contributed by atoms with Crippen molar-refractivity contribution in [2.24, 2.45) is 0 Å². The zero-order valence-electron chi connectivity index (χ0n) is 14.9. The smallest absolute Gasteiger partial charge is 0.229 e. The van der Waals surface area contributed by atoms with Gasteiger partial charge in [0, 0.05) is 18.0 Å². The number of amides is 1. The van der Waals surface area contributed by atoms with Gasteiger partial charge in [-0.05, 0) is 30.2 Å². The number of para-hydroxylation sites is 1. The van der Waals surface area contributed by atoms with Gasteiger partial charge in [-0.1, -0.05) is 48.2 Å². The van der Waals surface area contributed by atoms with Crippen LogP contribution in [0.2, 0.25) is 0 Å². The van der Waals surface area contributed by atoms with Crippen LogP contribution in [0, 0.1) is 24.1 Å².